The second kappa shape index (κ2) is 6.95. The third-order valence-corrected chi connectivity index (χ3v) is 2.69. The maximum absolute atomic E-state index is 3.11. The highest BCUT2D eigenvalue weighted by atomic mass is 32.2. The van der Waals surface area contributed by atoms with Gasteiger partial charge in [0.2, 0.25) is 0 Å². The molecule has 0 heterocycles. The Bertz CT molecular complexity index is 82.2. The second-order valence-electron chi connectivity index (χ2n) is 2.69. The highest BCUT2D eigenvalue weighted by molar-refractivity contribution is 7.95. The summed E-state index contributed by atoms with van der Waals surface area (Å²) in [6, 6.07) is 0.674. The van der Waals surface area contributed by atoms with Crippen molar-refractivity contribution in [3.05, 3.63) is 0 Å². The molecule has 0 aromatic rings. The Hall–Kier alpha value is 0.270. The van der Waals surface area contributed by atoms with Gasteiger partial charge in [-0.25, -0.2) is 4.31 Å². The molecule has 0 aromatic heterocycles. The average molecular weight is 176 g/mol. The van der Waals surface area contributed by atoms with Gasteiger partial charge in [-0.1, -0.05) is 13.8 Å². The molecule has 0 radical (unpaired) electrons. The maximum atomic E-state index is 3.11. The van der Waals surface area contributed by atoms with Gasteiger partial charge in [0.05, 0.1) is 0 Å². The van der Waals surface area contributed by atoms with Gasteiger partial charge in [-0.2, -0.15) is 0 Å². The lowest BCUT2D eigenvalue weighted by Crippen LogP contribution is -2.29. The molecule has 1 atom stereocenters. The number of hydrogen-bond donors (Lipinski definition) is 1. The summed E-state index contributed by atoms with van der Waals surface area (Å²) in [6.07, 6.45) is 2.44. The molecule has 2 nitrogen and oxygen atoms in total. The first-order chi connectivity index (χ1) is 5.26. The summed E-state index contributed by atoms with van der Waals surface area (Å²) < 4.78 is 5.50. The summed E-state index contributed by atoms with van der Waals surface area (Å²) >= 11 is 1.72. The van der Waals surface area contributed by atoms with Crippen molar-refractivity contribution in [1.82, 2.24) is 9.03 Å². The zero-order chi connectivity index (χ0) is 8.69. The van der Waals surface area contributed by atoms with Crippen LogP contribution in [0.3, 0.4) is 0 Å². The molecular weight excluding hydrogens is 156 g/mol. The van der Waals surface area contributed by atoms with E-state index in [1.165, 1.54) is 19.4 Å². The summed E-state index contributed by atoms with van der Waals surface area (Å²) in [5, 5.41) is 0. The van der Waals surface area contributed by atoms with Crippen molar-refractivity contribution in [2.75, 3.05) is 13.6 Å². The Labute approximate surface area is 75.0 Å². The van der Waals surface area contributed by atoms with E-state index >= 15 is 0 Å². The number of rotatable bonds is 6. The van der Waals surface area contributed by atoms with E-state index in [0.717, 1.165) is 0 Å². The van der Waals surface area contributed by atoms with Crippen LogP contribution in [-0.4, -0.2) is 23.9 Å². The minimum absolute atomic E-state index is 0.674. The van der Waals surface area contributed by atoms with Crippen molar-refractivity contribution < 1.29 is 0 Å². The molecule has 0 bridgehead atoms. The van der Waals surface area contributed by atoms with Crippen molar-refractivity contribution in [2.24, 2.45) is 0 Å². The summed E-state index contributed by atoms with van der Waals surface area (Å²) in [4.78, 5) is 0. The zero-order valence-corrected chi connectivity index (χ0v) is 8.87. The normalized spacial score (nSPS) is 13.9. The Morgan fingerprint density at radius 3 is 2.45 bits per heavy atom. The van der Waals surface area contributed by atoms with Crippen molar-refractivity contribution in [2.45, 2.75) is 39.7 Å². The van der Waals surface area contributed by atoms with E-state index in [0.29, 0.717) is 6.04 Å². The topological polar surface area (TPSA) is 15.3 Å². The van der Waals surface area contributed by atoms with E-state index < -0.39 is 0 Å². The number of hydrogen-bond acceptors (Lipinski definition) is 3. The van der Waals surface area contributed by atoms with Crippen LogP contribution in [0.15, 0.2) is 0 Å². The van der Waals surface area contributed by atoms with Crippen molar-refractivity contribution in [3.8, 4) is 0 Å². The smallest absolute Gasteiger partial charge is 0.0183 e. The van der Waals surface area contributed by atoms with Crippen molar-refractivity contribution in [1.29, 1.82) is 0 Å². The third kappa shape index (κ3) is 4.67. The molecule has 0 amide bonds. The Morgan fingerprint density at radius 1 is 1.45 bits per heavy atom. The molecule has 0 rings (SSSR count). The summed E-state index contributed by atoms with van der Waals surface area (Å²) in [6.45, 7) is 7.87. The van der Waals surface area contributed by atoms with Crippen LogP contribution in [0.4, 0.5) is 0 Å². The van der Waals surface area contributed by atoms with Crippen molar-refractivity contribution >= 4 is 12.1 Å². The van der Waals surface area contributed by atoms with Gasteiger partial charge < -0.3 is 0 Å². The lowest BCUT2D eigenvalue weighted by atomic mass is 10.2. The van der Waals surface area contributed by atoms with Crippen LogP contribution in [0.2, 0.25) is 0 Å². The summed E-state index contributed by atoms with van der Waals surface area (Å²) in [7, 11) is 1.97. The van der Waals surface area contributed by atoms with Crippen LogP contribution in [0.1, 0.15) is 33.6 Å². The monoisotopic (exact) mass is 176 g/mol. The summed E-state index contributed by atoms with van der Waals surface area (Å²) in [5.74, 6) is 0. The van der Waals surface area contributed by atoms with Crippen LogP contribution in [0.5, 0.6) is 0 Å². The van der Waals surface area contributed by atoms with Crippen molar-refractivity contribution in [3.63, 3.8) is 0 Å². The van der Waals surface area contributed by atoms with E-state index in [1.807, 2.05) is 7.05 Å². The van der Waals surface area contributed by atoms with Gasteiger partial charge in [0.25, 0.3) is 0 Å². The maximum Gasteiger partial charge on any atom is 0.0183 e. The SMILES string of the molecule is CCCN(SNC)[C@H](C)CC. The van der Waals surface area contributed by atoms with Gasteiger partial charge in [-0.05, 0) is 26.8 Å². The van der Waals surface area contributed by atoms with E-state index in [1.54, 1.807) is 12.1 Å². The largest absolute Gasteiger partial charge is 0.254 e. The average Bonchev–Trinajstić information content (AvgIpc) is 2.03. The first-order valence-electron chi connectivity index (χ1n) is 4.36. The molecule has 0 aliphatic heterocycles. The van der Waals surface area contributed by atoms with Crippen LogP contribution in [0, 0.1) is 0 Å². The van der Waals surface area contributed by atoms with Gasteiger partial charge in [0, 0.05) is 24.7 Å². The van der Waals surface area contributed by atoms with E-state index in [2.05, 4.69) is 29.8 Å². The quantitative estimate of drug-likeness (QED) is 0.625. The Morgan fingerprint density at radius 2 is 2.09 bits per heavy atom. The lowest BCUT2D eigenvalue weighted by molar-refractivity contribution is 0.363. The molecule has 0 unspecified atom stereocenters. The van der Waals surface area contributed by atoms with Crippen LogP contribution >= 0.6 is 12.1 Å². The van der Waals surface area contributed by atoms with Crippen LogP contribution in [0.25, 0.3) is 0 Å². The molecule has 0 aromatic carbocycles. The molecule has 0 fully saturated rings. The fraction of sp³-hybridized carbons (Fsp3) is 1.00. The predicted octanol–water partition coefficient (Wildman–Crippen LogP) is 2.28. The first-order valence-corrected chi connectivity index (χ1v) is 5.13. The molecule has 1 N–H and O–H groups in total. The van der Waals surface area contributed by atoms with E-state index in [4.69, 9.17) is 0 Å². The fourth-order valence-corrected chi connectivity index (χ4v) is 1.73. The molecule has 0 aliphatic carbocycles. The zero-order valence-electron chi connectivity index (χ0n) is 8.05. The third-order valence-electron chi connectivity index (χ3n) is 1.73. The number of nitrogens with one attached hydrogen (secondary N) is 1. The lowest BCUT2D eigenvalue weighted by Gasteiger charge is -2.25. The predicted molar refractivity (Wildman–Crippen MR) is 53.4 cm³/mol. The van der Waals surface area contributed by atoms with Gasteiger partial charge in [0.15, 0.2) is 0 Å². The van der Waals surface area contributed by atoms with E-state index in [9.17, 15) is 0 Å². The highest BCUT2D eigenvalue weighted by Gasteiger charge is 2.09. The highest BCUT2D eigenvalue weighted by Crippen LogP contribution is 2.12. The Balaban J connectivity index is 3.66. The molecule has 11 heavy (non-hydrogen) atoms. The summed E-state index contributed by atoms with van der Waals surface area (Å²) in [5.41, 5.74) is 0. The molecule has 68 valence electrons. The van der Waals surface area contributed by atoms with E-state index in [-0.39, 0.29) is 0 Å². The molecule has 0 saturated carbocycles. The van der Waals surface area contributed by atoms with Gasteiger partial charge in [0.1, 0.15) is 0 Å². The molecule has 0 spiro atoms. The molecule has 0 saturated heterocycles. The molecular formula is C8H20N2S. The fourth-order valence-electron chi connectivity index (χ4n) is 0.897. The van der Waals surface area contributed by atoms with Crippen LogP contribution in [-0.2, 0) is 0 Å². The van der Waals surface area contributed by atoms with Gasteiger partial charge in [-0.3, -0.25) is 4.72 Å². The second-order valence-corrected chi connectivity index (χ2v) is 3.75. The number of nitrogens with zero attached hydrogens (tertiary/aromatic N) is 1. The van der Waals surface area contributed by atoms with Crippen LogP contribution < -0.4 is 4.72 Å². The first kappa shape index (κ1) is 11.3. The minimum atomic E-state index is 0.674. The van der Waals surface area contributed by atoms with Gasteiger partial charge in [-0.15, -0.1) is 0 Å². The Kier molecular flexibility index (Phi) is 7.12. The standard InChI is InChI=1S/C8H20N2S/c1-5-7-10(11-9-4)8(3)6-2/h8-9H,5-7H2,1-4H3/t8-/m1/s1. The minimum Gasteiger partial charge on any atom is -0.254 e. The van der Waals surface area contributed by atoms with Gasteiger partial charge >= 0.3 is 0 Å². The molecule has 0 aliphatic rings. The molecule has 3 heteroatoms.